The van der Waals surface area contributed by atoms with Gasteiger partial charge >= 0.3 is 5.70 Å². The molecule has 0 aromatic heterocycles. The van der Waals surface area contributed by atoms with Crippen molar-refractivity contribution in [2.24, 2.45) is 0 Å². The number of aliphatic hydroxyl groups is 1. The molecule has 2 atom stereocenters. The summed E-state index contributed by atoms with van der Waals surface area (Å²) in [6.45, 7) is 6.09. The van der Waals surface area contributed by atoms with E-state index in [1.165, 1.54) is 6.08 Å². The van der Waals surface area contributed by atoms with Gasteiger partial charge in [-0.25, -0.2) is 0 Å². The molecule has 4 rings (SSSR count). The highest BCUT2D eigenvalue weighted by atomic mass is 16.6. The molecule has 7 heteroatoms. The Bertz CT molecular complexity index is 1090. The molecule has 154 valence electrons. The Morgan fingerprint density at radius 1 is 1.17 bits per heavy atom. The molecule has 2 aliphatic heterocycles. The summed E-state index contributed by atoms with van der Waals surface area (Å²) < 4.78 is 0. The molecule has 1 saturated heterocycles. The van der Waals surface area contributed by atoms with Crippen LogP contribution in [-0.2, 0) is 5.72 Å². The van der Waals surface area contributed by atoms with Gasteiger partial charge in [0.25, 0.3) is 0 Å². The Labute approximate surface area is 174 Å². The number of nitro groups is 1. The maximum atomic E-state index is 13.0. The monoisotopic (exact) mass is 405 g/mol. The number of nitrogens with zero attached hydrogens (tertiary/aromatic N) is 2. The third-order valence-electron chi connectivity index (χ3n) is 5.60. The molecule has 2 heterocycles. The molecule has 0 radical (unpaired) electrons. The van der Waals surface area contributed by atoms with E-state index in [0.717, 1.165) is 11.1 Å². The number of ketones is 1. The zero-order valence-corrected chi connectivity index (χ0v) is 17.0. The van der Waals surface area contributed by atoms with Crippen molar-refractivity contribution in [1.29, 1.82) is 0 Å². The summed E-state index contributed by atoms with van der Waals surface area (Å²) in [5.41, 5.74) is 0.755. The van der Waals surface area contributed by atoms with E-state index in [4.69, 9.17) is 0 Å². The SMILES string of the molecule is Cc1ccc(C(=O)/C=C2/C([N+](=O)[O-])=C3NC(C)CN3C2(O)c2ccc(C)cc2)cc1. The third kappa shape index (κ3) is 3.07. The Kier molecular flexibility index (Phi) is 4.70. The van der Waals surface area contributed by atoms with Gasteiger partial charge < -0.3 is 15.3 Å². The van der Waals surface area contributed by atoms with E-state index in [-0.39, 0.29) is 23.1 Å². The minimum atomic E-state index is -1.82. The van der Waals surface area contributed by atoms with Crippen molar-refractivity contribution in [3.63, 3.8) is 0 Å². The van der Waals surface area contributed by atoms with Crippen molar-refractivity contribution >= 4 is 5.78 Å². The molecule has 2 N–H and O–H groups in total. The second kappa shape index (κ2) is 7.11. The summed E-state index contributed by atoms with van der Waals surface area (Å²) in [6, 6.07) is 14.0. The Balaban J connectivity index is 1.90. The highest BCUT2D eigenvalue weighted by Gasteiger charge is 2.57. The fourth-order valence-electron chi connectivity index (χ4n) is 4.03. The molecule has 0 bridgehead atoms. The molecular weight excluding hydrogens is 382 g/mol. The van der Waals surface area contributed by atoms with E-state index in [9.17, 15) is 20.0 Å². The zero-order valence-electron chi connectivity index (χ0n) is 17.0. The largest absolute Gasteiger partial charge is 0.363 e. The number of nitrogens with one attached hydrogen (secondary N) is 1. The highest BCUT2D eigenvalue weighted by Crippen LogP contribution is 2.48. The maximum Gasteiger partial charge on any atom is 0.317 e. The van der Waals surface area contributed by atoms with Crippen molar-refractivity contribution in [1.82, 2.24) is 10.2 Å². The van der Waals surface area contributed by atoms with Crippen LogP contribution < -0.4 is 5.32 Å². The molecular formula is C23H23N3O4. The van der Waals surface area contributed by atoms with Crippen LogP contribution in [0, 0.1) is 24.0 Å². The highest BCUT2D eigenvalue weighted by molar-refractivity contribution is 6.05. The summed E-state index contributed by atoms with van der Waals surface area (Å²) in [4.78, 5) is 26.0. The van der Waals surface area contributed by atoms with Gasteiger partial charge in [0.05, 0.1) is 10.5 Å². The lowest BCUT2D eigenvalue weighted by Crippen LogP contribution is -2.42. The standard InChI is InChI=1S/C23H23N3O4/c1-14-4-8-17(9-5-14)20(27)12-19-21(26(29)30)22-24-16(3)13-25(22)23(19,28)18-10-6-15(2)7-11-18/h4-12,16,24,28H,13H2,1-3H3/b19-12-. The van der Waals surface area contributed by atoms with Gasteiger partial charge in [0.15, 0.2) is 17.3 Å². The predicted molar refractivity (Wildman–Crippen MR) is 112 cm³/mol. The minimum Gasteiger partial charge on any atom is -0.363 e. The molecule has 2 unspecified atom stereocenters. The van der Waals surface area contributed by atoms with Crippen LogP contribution in [0.5, 0.6) is 0 Å². The van der Waals surface area contributed by atoms with E-state index in [2.05, 4.69) is 5.32 Å². The Morgan fingerprint density at radius 3 is 2.30 bits per heavy atom. The van der Waals surface area contributed by atoms with Gasteiger partial charge in [0.2, 0.25) is 0 Å². The van der Waals surface area contributed by atoms with Crippen LogP contribution in [0.4, 0.5) is 0 Å². The fraction of sp³-hybridized carbons (Fsp3) is 0.261. The van der Waals surface area contributed by atoms with Gasteiger partial charge in [-0.2, -0.15) is 0 Å². The number of benzene rings is 2. The minimum absolute atomic E-state index is 0.0312. The van der Waals surface area contributed by atoms with E-state index in [1.54, 1.807) is 41.3 Å². The topological polar surface area (TPSA) is 95.7 Å². The number of carbonyl (C=O) groups is 1. The Morgan fingerprint density at radius 2 is 1.73 bits per heavy atom. The molecule has 2 aromatic rings. The fourth-order valence-corrected chi connectivity index (χ4v) is 4.03. The van der Waals surface area contributed by atoms with Crippen LogP contribution in [0.3, 0.4) is 0 Å². The van der Waals surface area contributed by atoms with Gasteiger partial charge in [-0.05, 0) is 20.8 Å². The average Bonchev–Trinajstić information content (AvgIpc) is 3.18. The number of hydrogen-bond donors (Lipinski definition) is 2. The molecule has 1 fully saturated rings. The lowest BCUT2D eigenvalue weighted by atomic mass is 9.91. The van der Waals surface area contributed by atoms with Crippen molar-refractivity contribution in [2.75, 3.05) is 6.54 Å². The average molecular weight is 405 g/mol. The van der Waals surface area contributed by atoms with E-state index in [1.807, 2.05) is 32.9 Å². The zero-order chi connectivity index (χ0) is 21.6. The van der Waals surface area contributed by atoms with Gasteiger partial charge in [-0.15, -0.1) is 0 Å². The molecule has 30 heavy (non-hydrogen) atoms. The van der Waals surface area contributed by atoms with Crippen molar-refractivity contribution in [3.8, 4) is 0 Å². The number of rotatable bonds is 4. The summed E-state index contributed by atoms with van der Waals surface area (Å²) in [5, 5.41) is 27.0. The lowest BCUT2D eigenvalue weighted by Gasteiger charge is -2.34. The number of aryl methyl sites for hydroxylation is 2. The normalized spacial score (nSPS) is 24.2. The predicted octanol–water partition coefficient (Wildman–Crippen LogP) is 3.01. The first kappa shape index (κ1) is 19.8. The number of fused-ring (bicyclic) bond motifs is 1. The van der Waals surface area contributed by atoms with Crippen molar-refractivity contribution < 1.29 is 14.8 Å². The van der Waals surface area contributed by atoms with Crippen LogP contribution in [0.15, 0.2) is 71.7 Å². The molecule has 0 saturated carbocycles. The van der Waals surface area contributed by atoms with Crippen LogP contribution in [-0.4, -0.2) is 33.3 Å². The second-order valence-corrected chi connectivity index (χ2v) is 7.94. The molecule has 2 aliphatic rings. The molecule has 2 aromatic carbocycles. The van der Waals surface area contributed by atoms with Crippen LogP contribution >= 0.6 is 0 Å². The third-order valence-corrected chi connectivity index (χ3v) is 5.60. The smallest absolute Gasteiger partial charge is 0.317 e. The summed E-state index contributed by atoms with van der Waals surface area (Å²) >= 11 is 0. The van der Waals surface area contributed by atoms with Crippen LogP contribution in [0.2, 0.25) is 0 Å². The first-order valence-electron chi connectivity index (χ1n) is 9.77. The molecule has 0 spiro atoms. The maximum absolute atomic E-state index is 13.0. The van der Waals surface area contributed by atoms with Gasteiger partial charge in [0, 0.05) is 29.8 Å². The summed E-state index contributed by atoms with van der Waals surface area (Å²) in [7, 11) is 0. The summed E-state index contributed by atoms with van der Waals surface area (Å²) in [6.07, 6.45) is 1.19. The van der Waals surface area contributed by atoms with E-state index < -0.39 is 16.4 Å². The van der Waals surface area contributed by atoms with Crippen LogP contribution in [0.1, 0.15) is 34.0 Å². The number of carbonyl (C=O) groups excluding carboxylic acids is 1. The first-order chi connectivity index (χ1) is 14.2. The van der Waals surface area contributed by atoms with Gasteiger partial charge in [-0.1, -0.05) is 59.7 Å². The summed E-state index contributed by atoms with van der Waals surface area (Å²) in [5.74, 6) is -0.164. The van der Waals surface area contributed by atoms with Gasteiger partial charge in [-0.3, -0.25) is 14.9 Å². The van der Waals surface area contributed by atoms with Crippen molar-refractivity contribution in [3.05, 3.63) is 104 Å². The number of hydrogen-bond acceptors (Lipinski definition) is 6. The van der Waals surface area contributed by atoms with Crippen LogP contribution in [0.25, 0.3) is 0 Å². The van der Waals surface area contributed by atoms with E-state index >= 15 is 0 Å². The quantitative estimate of drug-likeness (QED) is 0.351. The molecule has 7 nitrogen and oxygen atoms in total. The van der Waals surface area contributed by atoms with Crippen molar-refractivity contribution in [2.45, 2.75) is 32.5 Å². The van der Waals surface area contributed by atoms with Gasteiger partial charge in [0.1, 0.15) is 0 Å². The molecule has 0 amide bonds. The lowest BCUT2D eigenvalue weighted by molar-refractivity contribution is -0.422. The Hall–Kier alpha value is -3.45. The molecule has 0 aliphatic carbocycles. The first-order valence-corrected chi connectivity index (χ1v) is 9.77. The second-order valence-electron chi connectivity index (χ2n) is 7.94. The van der Waals surface area contributed by atoms with E-state index in [0.29, 0.717) is 17.7 Å². The number of allylic oxidation sites excluding steroid dienone is 1.